The van der Waals surface area contributed by atoms with Crippen LogP contribution in [0.1, 0.15) is 44.7 Å². The molecule has 0 aromatic heterocycles. The van der Waals surface area contributed by atoms with Gasteiger partial charge >= 0.3 is 0 Å². The zero-order valence-corrected chi connectivity index (χ0v) is 22.0. The summed E-state index contributed by atoms with van der Waals surface area (Å²) < 4.78 is 26.3. The van der Waals surface area contributed by atoms with E-state index in [1.807, 2.05) is 27.7 Å². The van der Waals surface area contributed by atoms with E-state index in [0.717, 1.165) is 28.1 Å². The highest BCUT2D eigenvalue weighted by Crippen LogP contribution is 2.21. The van der Waals surface area contributed by atoms with Crippen LogP contribution < -0.4 is 9.62 Å². The van der Waals surface area contributed by atoms with Gasteiger partial charge in [-0.15, -0.1) is 0 Å². The first-order valence-corrected chi connectivity index (χ1v) is 13.6. The molecule has 0 fully saturated rings. The minimum atomic E-state index is -3.75. The Bertz CT molecular complexity index is 1070. The molecular formula is C25H34ClN3O4S. The van der Waals surface area contributed by atoms with E-state index in [-0.39, 0.29) is 18.5 Å². The molecule has 2 aromatic carbocycles. The number of amides is 2. The summed E-state index contributed by atoms with van der Waals surface area (Å²) >= 11 is 6.00. The molecule has 9 heteroatoms. The molecule has 34 heavy (non-hydrogen) atoms. The number of benzene rings is 2. The van der Waals surface area contributed by atoms with Crippen molar-refractivity contribution in [2.45, 2.75) is 59.2 Å². The Kier molecular flexibility index (Phi) is 9.94. The number of nitrogens with zero attached hydrogens (tertiary/aromatic N) is 2. The van der Waals surface area contributed by atoms with Crippen molar-refractivity contribution < 1.29 is 18.0 Å². The smallest absolute Gasteiger partial charge is 0.244 e. The molecule has 0 aliphatic heterocycles. The maximum absolute atomic E-state index is 13.6. The van der Waals surface area contributed by atoms with Crippen LogP contribution in [0.5, 0.6) is 0 Å². The van der Waals surface area contributed by atoms with Gasteiger partial charge in [-0.3, -0.25) is 13.9 Å². The molecule has 7 nitrogen and oxygen atoms in total. The van der Waals surface area contributed by atoms with Crippen LogP contribution >= 0.6 is 11.6 Å². The lowest BCUT2D eigenvalue weighted by molar-refractivity contribution is -0.140. The number of carbonyl (C=O) groups is 2. The van der Waals surface area contributed by atoms with Gasteiger partial charge in [-0.1, -0.05) is 55.3 Å². The number of hydrogen-bond acceptors (Lipinski definition) is 4. The molecule has 2 rings (SSSR count). The number of carbonyl (C=O) groups excluding carboxylic acids is 2. The van der Waals surface area contributed by atoms with Crippen molar-refractivity contribution in [1.29, 1.82) is 0 Å². The van der Waals surface area contributed by atoms with Gasteiger partial charge in [0, 0.05) is 17.6 Å². The Hall–Kier alpha value is -2.58. The van der Waals surface area contributed by atoms with Crippen molar-refractivity contribution in [3.63, 3.8) is 0 Å². The van der Waals surface area contributed by atoms with Gasteiger partial charge < -0.3 is 10.2 Å². The van der Waals surface area contributed by atoms with Crippen LogP contribution in [0.3, 0.4) is 0 Å². The van der Waals surface area contributed by atoms with E-state index in [2.05, 4.69) is 5.32 Å². The van der Waals surface area contributed by atoms with Gasteiger partial charge in [0.1, 0.15) is 12.6 Å². The highest BCUT2D eigenvalue weighted by atomic mass is 35.5. The number of anilines is 1. The Morgan fingerprint density at radius 2 is 1.59 bits per heavy atom. The Morgan fingerprint density at radius 3 is 2.09 bits per heavy atom. The molecule has 1 N–H and O–H groups in total. The average Bonchev–Trinajstić information content (AvgIpc) is 2.78. The SMILES string of the molecule is CC[C@H](C)NC(=O)[C@H](CC)N(Cc1ccc(Cl)cc1)C(=O)CN(c1ccc(C)cc1)S(C)(=O)=O. The predicted molar refractivity (Wildman–Crippen MR) is 137 cm³/mol. The Morgan fingerprint density at radius 1 is 1.00 bits per heavy atom. The van der Waals surface area contributed by atoms with E-state index in [1.54, 1.807) is 48.5 Å². The summed E-state index contributed by atoms with van der Waals surface area (Å²) in [6, 6.07) is 13.1. The van der Waals surface area contributed by atoms with Gasteiger partial charge in [0.2, 0.25) is 21.8 Å². The summed E-state index contributed by atoms with van der Waals surface area (Å²) in [4.78, 5) is 28.1. The summed E-state index contributed by atoms with van der Waals surface area (Å²) in [5, 5.41) is 3.51. The van der Waals surface area contributed by atoms with E-state index < -0.39 is 28.5 Å². The van der Waals surface area contributed by atoms with Gasteiger partial charge in [0.15, 0.2) is 0 Å². The third kappa shape index (κ3) is 7.74. The fourth-order valence-corrected chi connectivity index (χ4v) is 4.45. The van der Waals surface area contributed by atoms with Crippen molar-refractivity contribution in [1.82, 2.24) is 10.2 Å². The van der Waals surface area contributed by atoms with Crippen molar-refractivity contribution in [2.75, 3.05) is 17.1 Å². The van der Waals surface area contributed by atoms with E-state index in [1.165, 1.54) is 4.90 Å². The molecule has 0 unspecified atom stereocenters. The minimum Gasteiger partial charge on any atom is -0.352 e. The number of halogens is 1. The molecule has 2 amide bonds. The monoisotopic (exact) mass is 507 g/mol. The number of rotatable bonds is 11. The highest BCUT2D eigenvalue weighted by molar-refractivity contribution is 7.92. The van der Waals surface area contributed by atoms with Crippen LogP contribution in [-0.2, 0) is 26.2 Å². The topological polar surface area (TPSA) is 86.8 Å². The molecule has 2 atom stereocenters. The van der Waals surface area contributed by atoms with Crippen LogP contribution in [0.4, 0.5) is 5.69 Å². The van der Waals surface area contributed by atoms with Gasteiger partial charge in [0.25, 0.3) is 0 Å². The van der Waals surface area contributed by atoms with Crippen LogP contribution in [0.15, 0.2) is 48.5 Å². The molecule has 0 heterocycles. The first-order chi connectivity index (χ1) is 16.0. The van der Waals surface area contributed by atoms with E-state index in [0.29, 0.717) is 17.1 Å². The predicted octanol–water partition coefficient (Wildman–Crippen LogP) is 4.14. The van der Waals surface area contributed by atoms with Gasteiger partial charge in [-0.25, -0.2) is 8.42 Å². The Balaban J connectivity index is 2.41. The quantitative estimate of drug-likeness (QED) is 0.495. The van der Waals surface area contributed by atoms with Crippen molar-refractivity contribution >= 4 is 39.1 Å². The zero-order chi connectivity index (χ0) is 25.5. The van der Waals surface area contributed by atoms with Gasteiger partial charge in [-0.05, 0) is 56.5 Å². The molecule has 0 spiro atoms. The molecular weight excluding hydrogens is 474 g/mol. The fraction of sp³-hybridized carbons (Fsp3) is 0.440. The second kappa shape index (κ2) is 12.2. The fourth-order valence-electron chi connectivity index (χ4n) is 3.47. The van der Waals surface area contributed by atoms with Crippen LogP contribution in [0, 0.1) is 6.92 Å². The van der Waals surface area contributed by atoms with Gasteiger partial charge in [0.05, 0.1) is 11.9 Å². The lowest BCUT2D eigenvalue weighted by atomic mass is 10.1. The molecule has 0 aliphatic carbocycles. The van der Waals surface area contributed by atoms with E-state index >= 15 is 0 Å². The maximum atomic E-state index is 13.6. The average molecular weight is 508 g/mol. The van der Waals surface area contributed by atoms with Gasteiger partial charge in [-0.2, -0.15) is 0 Å². The van der Waals surface area contributed by atoms with Crippen molar-refractivity contribution in [3.05, 3.63) is 64.7 Å². The largest absolute Gasteiger partial charge is 0.352 e. The Labute approximate surface area is 208 Å². The number of nitrogens with one attached hydrogen (secondary N) is 1. The van der Waals surface area contributed by atoms with Crippen LogP contribution in [-0.4, -0.2) is 50.0 Å². The maximum Gasteiger partial charge on any atom is 0.244 e. The second-order valence-corrected chi connectivity index (χ2v) is 10.8. The summed E-state index contributed by atoms with van der Waals surface area (Å²) in [5.74, 6) is -0.729. The molecule has 186 valence electrons. The summed E-state index contributed by atoms with van der Waals surface area (Å²) in [6.45, 7) is 7.33. The third-order valence-corrected chi connectivity index (χ3v) is 7.05. The molecule has 0 bridgehead atoms. The summed E-state index contributed by atoms with van der Waals surface area (Å²) in [5.41, 5.74) is 2.15. The second-order valence-electron chi connectivity index (χ2n) is 8.50. The van der Waals surface area contributed by atoms with Crippen molar-refractivity contribution in [3.8, 4) is 0 Å². The van der Waals surface area contributed by atoms with E-state index in [9.17, 15) is 18.0 Å². The first-order valence-electron chi connectivity index (χ1n) is 11.3. The third-order valence-electron chi connectivity index (χ3n) is 5.65. The standard InChI is InChI=1S/C25H34ClN3O4S/c1-6-19(4)27-25(31)23(7-2)28(16-20-10-12-21(26)13-11-20)24(30)17-29(34(5,32)33)22-14-8-18(3)9-15-22/h8-15,19,23H,6-7,16-17H2,1-5H3,(H,27,31)/t19-,23-/m0/s1. The van der Waals surface area contributed by atoms with E-state index in [4.69, 9.17) is 11.6 Å². The molecule has 2 aromatic rings. The number of hydrogen-bond donors (Lipinski definition) is 1. The van der Waals surface area contributed by atoms with Crippen LogP contribution in [0.2, 0.25) is 5.02 Å². The molecule has 0 saturated carbocycles. The normalized spacial score (nSPS) is 13.1. The summed E-state index contributed by atoms with van der Waals surface area (Å²) in [7, 11) is -3.75. The lowest BCUT2D eigenvalue weighted by Crippen LogP contribution is -2.53. The molecule has 0 saturated heterocycles. The number of aryl methyl sites for hydroxylation is 1. The number of sulfonamides is 1. The lowest BCUT2D eigenvalue weighted by Gasteiger charge is -2.33. The summed E-state index contributed by atoms with van der Waals surface area (Å²) in [6.07, 6.45) is 2.20. The molecule has 0 radical (unpaired) electrons. The minimum absolute atomic E-state index is 0.0471. The first kappa shape index (κ1) is 27.7. The molecule has 0 aliphatic rings. The van der Waals surface area contributed by atoms with Crippen molar-refractivity contribution in [2.24, 2.45) is 0 Å². The zero-order valence-electron chi connectivity index (χ0n) is 20.4. The highest BCUT2D eigenvalue weighted by Gasteiger charge is 2.32. The van der Waals surface area contributed by atoms with Crippen LogP contribution in [0.25, 0.3) is 0 Å².